The molecule has 1 atom stereocenters. The maximum atomic E-state index is 15.7. The molecule has 238 valence electrons. The van der Waals surface area contributed by atoms with E-state index in [-0.39, 0.29) is 47.1 Å². The minimum atomic E-state index is -5.08. The standard InChI is InChI=1S/C29H33ClFN3O3.C2HF3O2/c30-25-12-6-19(16-23(25)27-22(29(33)36)11-13-26(28(27)31)37-15-14-35)24(18-4-2-1-3-5-18)17-34-21-9-7-20(32)8-10-21;3-2(4,5)1(6)7/h1-6,11-13,16,20-21,24,34-35H,7-10,14-15,17,32H2,(H2,33,36);(H,6,7). The molecule has 0 heterocycles. The van der Waals surface area contributed by atoms with E-state index in [1.165, 1.54) is 12.1 Å². The molecule has 1 fully saturated rings. The summed E-state index contributed by atoms with van der Waals surface area (Å²) < 4.78 is 52.7. The van der Waals surface area contributed by atoms with Gasteiger partial charge in [0.05, 0.1) is 12.2 Å². The van der Waals surface area contributed by atoms with Gasteiger partial charge in [-0.05, 0) is 61.1 Å². The van der Waals surface area contributed by atoms with Gasteiger partial charge in [0.2, 0.25) is 5.91 Å². The molecule has 1 aliphatic rings. The van der Waals surface area contributed by atoms with Crippen LogP contribution >= 0.6 is 11.6 Å². The van der Waals surface area contributed by atoms with Gasteiger partial charge in [-0.3, -0.25) is 4.79 Å². The zero-order valence-electron chi connectivity index (χ0n) is 23.6. The van der Waals surface area contributed by atoms with E-state index < -0.39 is 23.9 Å². The fraction of sp³-hybridized carbons (Fsp3) is 0.355. The number of carbonyl (C=O) groups is 2. The Morgan fingerprint density at radius 1 is 1.02 bits per heavy atom. The molecule has 0 bridgehead atoms. The van der Waals surface area contributed by atoms with Crippen molar-refractivity contribution in [1.29, 1.82) is 0 Å². The lowest BCUT2D eigenvalue weighted by Crippen LogP contribution is -2.39. The highest BCUT2D eigenvalue weighted by atomic mass is 35.5. The summed E-state index contributed by atoms with van der Waals surface area (Å²) in [5.74, 6) is -4.42. The topological polar surface area (TPSA) is 148 Å². The van der Waals surface area contributed by atoms with Crippen LogP contribution in [0, 0.1) is 5.82 Å². The van der Waals surface area contributed by atoms with Crippen LogP contribution in [0.5, 0.6) is 5.75 Å². The van der Waals surface area contributed by atoms with Crippen LogP contribution in [0.2, 0.25) is 5.02 Å². The molecule has 8 nitrogen and oxygen atoms in total. The number of benzene rings is 3. The molecule has 1 saturated carbocycles. The summed E-state index contributed by atoms with van der Waals surface area (Å²) >= 11 is 6.57. The Morgan fingerprint density at radius 2 is 1.66 bits per heavy atom. The molecule has 44 heavy (non-hydrogen) atoms. The number of halogens is 5. The van der Waals surface area contributed by atoms with Crippen molar-refractivity contribution < 1.29 is 42.1 Å². The van der Waals surface area contributed by atoms with Crippen LogP contribution in [-0.4, -0.2) is 60.1 Å². The Labute approximate surface area is 257 Å². The van der Waals surface area contributed by atoms with E-state index in [9.17, 15) is 18.0 Å². The molecule has 1 unspecified atom stereocenters. The van der Waals surface area contributed by atoms with Gasteiger partial charge in [-0.1, -0.05) is 48.0 Å². The SMILES string of the molecule is NC(=O)c1ccc(OCCO)c(F)c1-c1cc(C(CNC2CCC(N)CC2)c2ccccc2)ccc1Cl.O=C(O)C(F)(F)F. The van der Waals surface area contributed by atoms with Crippen molar-refractivity contribution >= 4 is 23.5 Å². The highest BCUT2D eigenvalue weighted by molar-refractivity contribution is 6.33. The third-order valence-corrected chi connectivity index (χ3v) is 7.54. The number of hydrogen-bond donors (Lipinski definition) is 5. The van der Waals surface area contributed by atoms with E-state index in [1.807, 2.05) is 30.3 Å². The van der Waals surface area contributed by atoms with E-state index in [2.05, 4.69) is 17.4 Å². The molecule has 13 heteroatoms. The van der Waals surface area contributed by atoms with Crippen LogP contribution in [-0.2, 0) is 4.79 Å². The van der Waals surface area contributed by atoms with Crippen LogP contribution in [0.1, 0.15) is 53.1 Å². The number of amides is 1. The van der Waals surface area contributed by atoms with Crippen molar-refractivity contribution in [2.75, 3.05) is 19.8 Å². The molecule has 3 aromatic carbocycles. The molecule has 1 aliphatic carbocycles. The van der Waals surface area contributed by atoms with Crippen molar-refractivity contribution in [2.45, 2.75) is 49.9 Å². The van der Waals surface area contributed by atoms with Gasteiger partial charge < -0.3 is 31.7 Å². The van der Waals surface area contributed by atoms with Crippen molar-refractivity contribution in [1.82, 2.24) is 5.32 Å². The van der Waals surface area contributed by atoms with Crippen LogP contribution in [0.25, 0.3) is 11.1 Å². The number of aliphatic hydroxyl groups excluding tert-OH is 1. The predicted molar refractivity (Wildman–Crippen MR) is 158 cm³/mol. The number of rotatable bonds is 10. The van der Waals surface area contributed by atoms with Gasteiger partial charge in [0.1, 0.15) is 6.61 Å². The molecular formula is C31H34ClF4N3O5. The highest BCUT2D eigenvalue weighted by Gasteiger charge is 2.38. The zero-order chi connectivity index (χ0) is 32.4. The van der Waals surface area contributed by atoms with E-state index in [0.717, 1.165) is 36.8 Å². The van der Waals surface area contributed by atoms with E-state index in [4.69, 9.17) is 42.8 Å². The maximum Gasteiger partial charge on any atom is 0.490 e. The number of nitrogens with one attached hydrogen (secondary N) is 1. The van der Waals surface area contributed by atoms with Crippen molar-refractivity contribution in [2.24, 2.45) is 11.5 Å². The summed E-state index contributed by atoms with van der Waals surface area (Å²) in [5.41, 5.74) is 14.0. The second kappa shape index (κ2) is 15.8. The van der Waals surface area contributed by atoms with E-state index in [1.54, 1.807) is 6.07 Å². The molecule has 1 amide bonds. The summed E-state index contributed by atoms with van der Waals surface area (Å²) in [4.78, 5) is 21.1. The molecule has 7 N–H and O–H groups in total. The van der Waals surface area contributed by atoms with Gasteiger partial charge in [-0.15, -0.1) is 0 Å². The number of primary amides is 1. The van der Waals surface area contributed by atoms with Crippen molar-refractivity contribution in [3.8, 4) is 16.9 Å². The summed E-state index contributed by atoms with van der Waals surface area (Å²) in [7, 11) is 0. The predicted octanol–water partition coefficient (Wildman–Crippen LogP) is 5.24. The number of carboxylic acids is 1. The quantitative estimate of drug-likeness (QED) is 0.191. The van der Waals surface area contributed by atoms with Gasteiger partial charge in [-0.2, -0.15) is 13.2 Å². The number of ether oxygens (including phenoxy) is 1. The van der Waals surface area contributed by atoms with Crippen LogP contribution < -0.4 is 21.5 Å². The number of carboxylic acid groups (broad SMARTS) is 1. The third kappa shape index (κ3) is 9.39. The third-order valence-electron chi connectivity index (χ3n) is 7.21. The molecule has 3 aromatic rings. The number of carbonyl (C=O) groups excluding carboxylic acids is 1. The molecular weight excluding hydrogens is 606 g/mol. The first-order valence-corrected chi connectivity index (χ1v) is 14.2. The first kappa shape index (κ1) is 34.8. The fourth-order valence-corrected chi connectivity index (χ4v) is 5.18. The highest BCUT2D eigenvalue weighted by Crippen LogP contribution is 2.39. The van der Waals surface area contributed by atoms with Gasteiger partial charge in [-0.25, -0.2) is 9.18 Å². The van der Waals surface area contributed by atoms with Crippen molar-refractivity contribution in [3.63, 3.8) is 0 Å². The van der Waals surface area contributed by atoms with Gasteiger partial charge in [0.25, 0.3) is 0 Å². The number of aliphatic hydroxyl groups is 1. The number of alkyl halides is 3. The molecule has 0 spiro atoms. The van der Waals surface area contributed by atoms with Gasteiger partial charge in [0, 0.05) is 40.7 Å². The van der Waals surface area contributed by atoms with E-state index in [0.29, 0.717) is 18.2 Å². The fourth-order valence-electron chi connectivity index (χ4n) is 4.97. The Hall–Kier alpha value is -3.71. The lowest BCUT2D eigenvalue weighted by atomic mass is 9.87. The number of nitrogens with two attached hydrogens (primary N) is 2. The molecule has 0 radical (unpaired) electrons. The molecule has 0 aliphatic heterocycles. The van der Waals surface area contributed by atoms with Crippen LogP contribution in [0.3, 0.4) is 0 Å². The second-order valence-electron chi connectivity index (χ2n) is 10.3. The summed E-state index contributed by atoms with van der Waals surface area (Å²) in [6.45, 7) is 0.310. The first-order valence-electron chi connectivity index (χ1n) is 13.8. The Balaban J connectivity index is 0.000000676. The first-order chi connectivity index (χ1) is 20.8. The van der Waals surface area contributed by atoms with E-state index >= 15 is 4.39 Å². The minimum absolute atomic E-state index is 0.000768. The monoisotopic (exact) mass is 639 g/mol. The second-order valence-corrected chi connectivity index (χ2v) is 10.7. The average molecular weight is 640 g/mol. The molecule has 4 rings (SSSR count). The maximum absolute atomic E-state index is 15.7. The Bertz CT molecular complexity index is 1420. The molecule has 0 aromatic heterocycles. The van der Waals surface area contributed by atoms with Crippen LogP contribution in [0.4, 0.5) is 17.6 Å². The lowest BCUT2D eigenvalue weighted by molar-refractivity contribution is -0.192. The number of hydrogen-bond acceptors (Lipinski definition) is 6. The largest absolute Gasteiger partial charge is 0.490 e. The Morgan fingerprint density at radius 3 is 2.23 bits per heavy atom. The normalized spacial score (nSPS) is 17.2. The zero-order valence-corrected chi connectivity index (χ0v) is 24.4. The lowest BCUT2D eigenvalue weighted by Gasteiger charge is -2.29. The van der Waals surface area contributed by atoms with Crippen molar-refractivity contribution in [3.05, 3.63) is 88.2 Å². The average Bonchev–Trinajstić information content (AvgIpc) is 2.98. The van der Waals surface area contributed by atoms with Crippen LogP contribution in [0.15, 0.2) is 60.7 Å². The summed E-state index contributed by atoms with van der Waals surface area (Å²) in [6, 6.07) is 19.0. The summed E-state index contributed by atoms with van der Waals surface area (Å²) in [6.07, 6.45) is -1.02. The van der Waals surface area contributed by atoms with Gasteiger partial charge in [0.15, 0.2) is 11.6 Å². The molecule has 0 saturated heterocycles. The van der Waals surface area contributed by atoms with Gasteiger partial charge >= 0.3 is 12.1 Å². The summed E-state index contributed by atoms with van der Waals surface area (Å²) in [5, 5.41) is 20.2. The Kier molecular flexibility index (Phi) is 12.5. The number of aliphatic carboxylic acids is 1. The minimum Gasteiger partial charge on any atom is -0.488 e. The smallest absolute Gasteiger partial charge is 0.488 e.